The summed E-state index contributed by atoms with van der Waals surface area (Å²) in [6.45, 7) is 0. The maximum Gasteiger partial charge on any atom is 0.248 e. The van der Waals surface area contributed by atoms with Crippen LogP contribution in [-0.4, -0.2) is 15.9 Å². The van der Waals surface area contributed by atoms with Crippen LogP contribution >= 0.6 is 0 Å². The Morgan fingerprint density at radius 2 is 1.44 bits per heavy atom. The molecule has 0 radical (unpaired) electrons. The zero-order valence-electron chi connectivity index (χ0n) is 13.4. The number of aromatic nitrogens is 2. The number of primary amides is 1. The van der Waals surface area contributed by atoms with E-state index in [1.54, 1.807) is 24.4 Å². The highest BCUT2D eigenvalue weighted by atomic mass is 16.1. The van der Waals surface area contributed by atoms with E-state index < -0.39 is 5.91 Å². The summed E-state index contributed by atoms with van der Waals surface area (Å²) in [7, 11) is 0. The monoisotopic (exact) mass is 325 g/mol. The topological polar surface area (TPSA) is 68.9 Å². The Labute approximate surface area is 145 Å². The fourth-order valence-electron chi connectivity index (χ4n) is 2.77. The normalized spacial score (nSPS) is 10.7. The Bertz CT molecular complexity index is 1060. The van der Waals surface area contributed by atoms with Crippen molar-refractivity contribution in [2.45, 2.75) is 0 Å². The van der Waals surface area contributed by atoms with E-state index in [2.05, 4.69) is 34.2 Å². The second kappa shape index (κ2) is 6.17. The van der Waals surface area contributed by atoms with E-state index in [1.807, 2.05) is 30.3 Å². The van der Waals surface area contributed by atoms with E-state index in [9.17, 15) is 4.79 Å². The first-order chi connectivity index (χ1) is 12.2. The van der Waals surface area contributed by atoms with Gasteiger partial charge >= 0.3 is 0 Å². The van der Waals surface area contributed by atoms with Gasteiger partial charge in [0.2, 0.25) is 5.91 Å². The Kier molecular flexibility index (Phi) is 3.71. The lowest BCUT2D eigenvalue weighted by Crippen LogP contribution is -2.10. The lowest BCUT2D eigenvalue weighted by molar-refractivity contribution is 0.100. The summed E-state index contributed by atoms with van der Waals surface area (Å²) in [6, 6.07) is 23.5. The summed E-state index contributed by atoms with van der Waals surface area (Å²) in [5, 5.41) is 0. The van der Waals surface area contributed by atoms with Crippen molar-refractivity contribution < 1.29 is 4.79 Å². The minimum absolute atomic E-state index is 0.429. The van der Waals surface area contributed by atoms with Crippen LogP contribution in [0.1, 0.15) is 10.4 Å². The first kappa shape index (κ1) is 15.0. The summed E-state index contributed by atoms with van der Waals surface area (Å²) in [5.74, 6) is -0.471. The third-order valence-corrected chi connectivity index (χ3v) is 4.11. The first-order valence-corrected chi connectivity index (χ1v) is 7.93. The minimum Gasteiger partial charge on any atom is -0.366 e. The number of hydrogen-bond donors (Lipinski definition) is 1. The van der Waals surface area contributed by atoms with E-state index in [0.29, 0.717) is 11.1 Å². The molecule has 4 nitrogen and oxygen atoms in total. The molecule has 0 aliphatic rings. The van der Waals surface area contributed by atoms with E-state index in [4.69, 9.17) is 5.73 Å². The van der Waals surface area contributed by atoms with Gasteiger partial charge in [0.1, 0.15) is 0 Å². The summed E-state index contributed by atoms with van der Waals surface area (Å²) in [5.41, 5.74) is 11.2. The first-order valence-electron chi connectivity index (χ1n) is 7.93. The van der Waals surface area contributed by atoms with Crippen LogP contribution in [0.5, 0.6) is 0 Å². The highest BCUT2D eigenvalue weighted by Gasteiger charge is 2.07. The SMILES string of the molecule is NC(=O)c1ccc2ncc(-c3ccc(-c4ccccc4)cc3)nc2c1. The number of hydrogen-bond acceptors (Lipinski definition) is 3. The van der Waals surface area contributed by atoms with Crippen LogP contribution in [0.3, 0.4) is 0 Å². The van der Waals surface area contributed by atoms with E-state index >= 15 is 0 Å². The largest absolute Gasteiger partial charge is 0.366 e. The standard InChI is InChI=1S/C21H15N3O/c22-21(25)17-10-11-18-19(12-17)24-20(13-23-18)16-8-6-15(7-9-16)14-4-2-1-3-5-14/h1-13H,(H2,22,25). The Morgan fingerprint density at radius 3 is 2.16 bits per heavy atom. The molecule has 4 aromatic rings. The summed E-state index contributed by atoms with van der Waals surface area (Å²) >= 11 is 0. The summed E-state index contributed by atoms with van der Waals surface area (Å²) in [4.78, 5) is 20.4. The number of carbonyl (C=O) groups excluding carboxylic acids is 1. The predicted molar refractivity (Wildman–Crippen MR) is 98.9 cm³/mol. The molecule has 2 N–H and O–H groups in total. The third-order valence-electron chi connectivity index (χ3n) is 4.11. The van der Waals surface area contributed by atoms with E-state index in [-0.39, 0.29) is 0 Å². The quantitative estimate of drug-likeness (QED) is 0.617. The molecule has 0 aliphatic carbocycles. The van der Waals surface area contributed by atoms with Crippen molar-refractivity contribution in [1.29, 1.82) is 0 Å². The number of amides is 1. The maximum absolute atomic E-state index is 11.3. The average Bonchev–Trinajstić information content (AvgIpc) is 2.68. The zero-order chi connectivity index (χ0) is 17.2. The molecule has 25 heavy (non-hydrogen) atoms. The van der Waals surface area contributed by atoms with E-state index in [1.165, 1.54) is 5.56 Å². The van der Waals surface area contributed by atoms with Crippen LogP contribution < -0.4 is 5.73 Å². The van der Waals surface area contributed by atoms with Gasteiger partial charge in [-0.15, -0.1) is 0 Å². The number of nitrogens with two attached hydrogens (primary N) is 1. The molecule has 0 bridgehead atoms. The van der Waals surface area contributed by atoms with Crippen LogP contribution in [-0.2, 0) is 0 Å². The van der Waals surface area contributed by atoms with Gasteiger partial charge in [0.15, 0.2) is 0 Å². The van der Waals surface area contributed by atoms with Crippen LogP contribution in [0, 0.1) is 0 Å². The number of benzene rings is 3. The number of fused-ring (bicyclic) bond motifs is 1. The smallest absolute Gasteiger partial charge is 0.248 e. The Balaban J connectivity index is 1.72. The molecule has 1 aromatic heterocycles. The molecule has 0 unspecified atom stereocenters. The van der Waals surface area contributed by atoms with Crippen molar-refractivity contribution in [2.75, 3.05) is 0 Å². The van der Waals surface area contributed by atoms with Crippen molar-refractivity contribution in [2.24, 2.45) is 5.73 Å². The van der Waals surface area contributed by atoms with Gasteiger partial charge in [-0.3, -0.25) is 9.78 Å². The second-order valence-corrected chi connectivity index (χ2v) is 5.77. The van der Waals surface area contributed by atoms with Crippen molar-refractivity contribution in [3.63, 3.8) is 0 Å². The van der Waals surface area contributed by atoms with Gasteiger partial charge in [-0.05, 0) is 29.3 Å². The maximum atomic E-state index is 11.3. The highest BCUT2D eigenvalue weighted by molar-refractivity contribution is 5.96. The van der Waals surface area contributed by atoms with Gasteiger partial charge in [-0.1, -0.05) is 54.6 Å². The molecule has 4 heteroatoms. The van der Waals surface area contributed by atoms with Crippen LogP contribution in [0.4, 0.5) is 0 Å². The van der Waals surface area contributed by atoms with Crippen molar-refractivity contribution in [3.8, 4) is 22.4 Å². The predicted octanol–water partition coefficient (Wildman–Crippen LogP) is 4.06. The van der Waals surface area contributed by atoms with Crippen LogP contribution in [0.2, 0.25) is 0 Å². The van der Waals surface area contributed by atoms with Crippen molar-refractivity contribution >= 4 is 16.9 Å². The van der Waals surface area contributed by atoms with Gasteiger partial charge in [-0.2, -0.15) is 0 Å². The highest BCUT2D eigenvalue weighted by Crippen LogP contribution is 2.24. The van der Waals surface area contributed by atoms with Gasteiger partial charge in [0.05, 0.1) is 22.9 Å². The molecule has 3 aromatic carbocycles. The average molecular weight is 325 g/mol. The van der Waals surface area contributed by atoms with Gasteiger partial charge in [-0.25, -0.2) is 4.98 Å². The molecule has 0 fully saturated rings. The number of rotatable bonds is 3. The van der Waals surface area contributed by atoms with Crippen LogP contribution in [0.15, 0.2) is 79.0 Å². The summed E-state index contributed by atoms with van der Waals surface area (Å²) < 4.78 is 0. The van der Waals surface area contributed by atoms with Crippen LogP contribution in [0.25, 0.3) is 33.4 Å². The Morgan fingerprint density at radius 1 is 0.760 bits per heavy atom. The molecule has 0 spiro atoms. The molecule has 1 amide bonds. The van der Waals surface area contributed by atoms with Crippen molar-refractivity contribution in [3.05, 3.63) is 84.6 Å². The zero-order valence-corrected chi connectivity index (χ0v) is 13.4. The van der Waals surface area contributed by atoms with E-state index in [0.717, 1.165) is 22.3 Å². The second-order valence-electron chi connectivity index (χ2n) is 5.77. The molecule has 0 atom stereocenters. The molecular weight excluding hydrogens is 310 g/mol. The lowest BCUT2D eigenvalue weighted by atomic mass is 10.0. The molecule has 4 rings (SSSR count). The van der Waals surface area contributed by atoms with Gasteiger partial charge in [0, 0.05) is 11.1 Å². The lowest BCUT2D eigenvalue weighted by Gasteiger charge is -2.06. The third kappa shape index (κ3) is 2.97. The van der Waals surface area contributed by atoms with Crippen molar-refractivity contribution in [1.82, 2.24) is 9.97 Å². The number of carbonyl (C=O) groups is 1. The number of nitrogens with zero attached hydrogens (tertiary/aromatic N) is 2. The molecule has 0 saturated heterocycles. The molecule has 120 valence electrons. The van der Waals surface area contributed by atoms with Gasteiger partial charge in [0.25, 0.3) is 0 Å². The molecule has 1 heterocycles. The molecule has 0 aliphatic heterocycles. The fourth-order valence-corrected chi connectivity index (χ4v) is 2.77. The minimum atomic E-state index is -0.471. The summed E-state index contributed by atoms with van der Waals surface area (Å²) in [6.07, 6.45) is 1.74. The Hall–Kier alpha value is -3.53. The molecule has 0 saturated carbocycles. The van der Waals surface area contributed by atoms with Gasteiger partial charge < -0.3 is 5.73 Å². The molecular formula is C21H15N3O. The fraction of sp³-hybridized carbons (Fsp3) is 0.